The van der Waals surface area contributed by atoms with E-state index in [0.29, 0.717) is 17.3 Å². The number of carbonyl (C=O) groups is 1. The Morgan fingerprint density at radius 3 is 2.26 bits per heavy atom. The molecule has 4 N–H and O–H groups in total. The monoisotopic (exact) mass is 484 g/mol. The lowest BCUT2D eigenvalue weighted by Gasteiger charge is -2.20. The Bertz CT molecular complexity index is 1280. The number of amides is 1. The van der Waals surface area contributed by atoms with Crippen LogP contribution in [0.1, 0.15) is 30.0 Å². The highest BCUT2D eigenvalue weighted by Crippen LogP contribution is 2.25. The normalized spacial score (nSPS) is 11.1. The Labute approximate surface area is 199 Å². The van der Waals surface area contributed by atoms with Gasteiger partial charge in [-0.15, -0.1) is 0 Å². The van der Waals surface area contributed by atoms with Crippen LogP contribution < -0.4 is 25.4 Å². The number of aryl methyl sites for hydroxylation is 1. The summed E-state index contributed by atoms with van der Waals surface area (Å²) < 4.78 is 33.2. The van der Waals surface area contributed by atoms with E-state index in [-0.39, 0.29) is 16.2 Å². The van der Waals surface area contributed by atoms with Gasteiger partial charge in [0.25, 0.3) is 15.9 Å². The molecule has 0 aliphatic rings. The van der Waals surface area contributed by atoms with Gasteiger partial charge in [0, 0.05) is 30.5 Å². The number of benzene rings is 2. The molecule has 0 spiro atoms. The molecule has 3 aromatic rings. The lowest BCUT2D eigenvalue weighted by molar-refractivity contribution is 0.0997. The number of carbonyl (C=O) groups excluding carboxylic acids is 1. The molecule has 0 saturated heterocycles. The van der Waals surface area contributed by atoms with Crippen molar-refractivity contribution in [2.75, 3.05) is 35.1 Å². The highest BCUT2D eigenvalue weighted by Gasteiger charge is 2.19. The van der Waals surface area contributed by atoms with Gasteiger partial charge in [-0.3, -0.25) is 9.52 Å². The summed E-state index contributed by atoms with van der Waals surface area (Å²) >= 11 is 0. The number of nitrogens with two attached hydrogens (primary N) is 1. The van der Waals surface area contributed by atoms with E-state index >= 15 is 0 Å². The first-order valence-corrected chi connectivity index (χ1v) is 12.1. The minimum absolute atomic E-state index is 0.0193. The molecule has 0 saturated carbocycles. The van der Waals surface area contributed by atoms with Crippen LogP contribution in [0.2, 0.25) is 0 Å². The number of nitrogens with zero attached hydrogens (tertiary/aromatic N) is 3. The van der Waals surface area contributed by atoms with Gasteiger partial charge in [0.2, 0.25) is 0 Å². The van der Waals surface area contributed by atoms with Crippen LogP contribution in [0.3, 0.4) is 0 Å². The van der Waals surface area contributed by atoms with Gasteiger partial charge in [-0.25, -0.2) is 18.4 Å². The van der Waals surface area contributed by atoms with Crippen LogP contribution in [0.4, 0.5) is 23.0 Å². The van der Waals surface area contributed by atoms with Crippen LogP contribution in [0, 0.1) is 6.92 Å². The summed E-state index contributed by atoms with van der Waals surface area (Å²) in [4.78, 5) is 22.6. The van der Waals surface area contributed by atoms with Gasteiger partial charge in [0.05, 0.1) is 17.6 Å². The summed E-state index contributed by atoms with van der Waals surface area (Å²) in [6.45, 7) is 7.62. The zero-order valence-electron chi connectivity index (χ0n) is 19.5. The predicted molar refractivity (Wildman–Crippen MR) is 132 cm³/mol. The molecule has 0 aliphatic carbocycles. The van der Waals surface area contributed by atoms with Gasteiger partial charge in [-0.05, 0) is 63.2 Å². The third-order valence-corrected chi connectivity index (χ3v) is 6.45. The topological polar surface area (TPSA) is 140 Å². The Morgan fingerprint density at radius 1 is 1.03 bits per heavy atom. The molecule has 0 radical (unpaired) electrons. The molecule has 0 aliphatic heterocycles. The Hall–Kier alpha value is -3.86. The van der Waals surface area contributed by atoms with Crippen molar-refractivity contribution in [3.8, 4) is 5.75 Å². The standard InChI is InChI=1S/C23H28N6O4S/c1-5-29(6-2)22-14-21(25-15(3)26-22)27-16-7-9-17(10-8-16)28-34(31,32)18-11-12-20(33-4)19(13-18)23(24)30/h7-14,28H,5-6H2,1-4H3,(H2,24,30)(H,25,26,27). The van der Waals surface area contributed by atoms with Crippen molar-refractivity contribution in [2.45, 2.75) is 25.7 Å². The van der Waals surface area contributed by atoms with E-state index in [2.05, 4.69) is 38.8 Å². The molecular formula is C23H28N6O4S. The van der Waals surface area contributed by atoms with Gasteiger partial charge in [0.15, 0.2) is 0 Å². The molecule has 0 bridgehead atoms. The maximum atomic E-state index is 12.8. The minimum atomic E-state index is -3.95. The number of ether oxygens (including phenoxy) is 1. The quantitative estimate of drug-likeness (QED) is 0.398. The molecule has 3 rings (SSSR count). The summed E-state index contributed by atoms with van der Waals surface area (Å²) in [7, 11) is -2.58. The summed E-state index contributed by atoms with van der Waals surface area (Å²) in [6.07, 6.45) is 0. The van der Waals surface area contributed by atoms with Crippen molar-refractivity contribution in [2.24, 2.45) is 5.73 Å². The third-order valence-electron chi connectivity index (χ3n) is 5.07. The highest BCUT2D eigenvalue weighted by atomic mass is 32.2. The number of anilines is 4. The van der Waals surface area contributed by atoms with Crippen molar-refractivity contribution < 1.29 is 17.9 Å². The summed E-state index contributed by atoms with van der Waals surface area (Å²) in [6, 6.07) is 12.5. The first kappa shape index (κ1) is 24.8. The van der Waals surface area contributed by atoms with Crippen LogP contribution in [0.5, 0.6) is 5.75 Å². The average molecular weight is 485 g/mol. The van der Waals surface area contributed by atoms with Gasteiger partial charge in [-0.2, -0.15) is 0 Å². The first-order chi connectivity index (χ1) is 16.2. The molecule has 11 heteroatoms. The maximum absolute atomic E-state index is 12.8. The molecule has 180 valence electrons. The molecule has 34 heavy (non-hydrogen) atoms. The number of methoxy groups -OCH3 is 1. The minimum Gasteiger partial charge on any atom is -0.496 e. The number of aromatic nitrogens is 2. The van der Waals surface area contributed by atoms with Crippen LogP contribution in [0.15, 0.2) is 53.4 Å². The fourth-order valence-corrected chi connectivity index (χ4v) is 4.44. The van der Waals surface area contributed by atoms with Gasteiger partial charge in [0.1, 0.15) is 23.2 Å². The van der Waals surface area contributed by atoms with Gasteiger partial charge < -0.3 is 20.7 Å². The number of primary amides is 1. The molecule has 2 aromatic carbocycles. The van der Waals surface area contributed by atoms with E-state index in [1.54, 1.807) is 24.3 Å². The van der Waals surface area contributed by atoms with E-state index in [9.17, 15) is 13.2 Å². The molecular weight excluding hydrogens is 456 g/mol. The molecule has 1 amide bonds. The predicted octanol–water partition coefficient (Wildman–Crippen LogP) is 3.28. The molecule has 1 heterocycles. The summed E-state index contributed by atoms with van der Waals surface area (Å²) in [5.74, 6) is 1.53. The Kier molecular flexibility index (Phi) is 7.57. The first-order valence-electron chi connectivity index (χ1n) is 10.6. The van der Waals surface area contributed by atoms with Crippen molar-refractivity contribution in [3.63, 3.8) is 0 Å². The average Bonchev–Trinajstić information content (AvgIpc) is 2.80. The zero-order valence-corrected chi connectivity index (χ0v) is 20.3. The van der Waals surface area contributed by atoms with Crippen LogP contribution in [0.25, 0.3) is 0 Å². The van der Waals surface area contributed by atoms with Crippen LogP contribution >= 0.6 is 0 Å². The lowest BCUT2D eigenvalue weighted by Crippen LogP contribution is -2.23. The molecule has 0 fully saturated rings. The van der Waals surface area contributed by atoms with E-state index in [1.807, 2.05) is 13.0 Å². The van der Waals surface area contributed by atoms with E-state index in [4.69, 9.17) is 10.5 Å². The summed E-state index contributed by atoms with van der Waals surface area (Å²) in [5, 5.41) is 3.22. The molecule has 0 atom stereocenters. The van der Waals surface area contributed by atoms with Gasteiger partial charge >= 0.3 is 0 Å². The van der Waals surface area contributed by atoms with Crippen molar-refractivity contribution in [1.82, 2.24) is 9.97 Å². The molecule has 0 unspecified atom stereocenters. The van der Waals surface area contributed by atoms with E-state index in [1.165, 1.54) is 25.3 Å². The van der Waals surface area contributed by atoms with Crippen molar-refractivity contribution in [3.05, 3.63) is 59.9 Å². The van der Waals surface area contributed by atoms with E-state index in [0.717, 1.165) is 24.6 Å². The van der Waals surface area contributed by atoms with Gasteiger partial charge in [-0.1, -0.05) is 0 Å². The van der Waals surface area contributed by atoms with Crippen molar-refractivity contribution >= 4 is 38.9 Å². The second-order valence-electron chi connectivity index (χ2n) is 7.37. The second-order valence-corrected chi connectivity index (χ2v) is 9.05. The number of hydrogen-bond acceptors (Lipinski definition) is 8. The Morgan fingerprint density at radius 2 is 1.68 bits per heavy atom. The molecule has 1 aromatic heterocycles. The fourth-order valence-electron chi connectivity index (χ4n) is 3.36. The van der Waals surface area contributed by atoms with E-state index < -0.39 is 15.9 Å². The lowest BCUT2D eigenvalue weighted by atomic mass is 10.2. The zero-order chi connectivity index (χ0) is 24.9. The fraction of sp³-hybridized carbons (Fsp3) is 0.261. The van der Waals surface area contributed by atoms with Crippen molar-refractivity contribution in [1.29, 1.82) is 0 Å². The van der Waals surface area contributed by atoms with Crippen LogP contribution in [-0.2, 0) is 10.0 Å². The largest absolute Gasteiger partial charge is 0.496 e. The SMILES string of the molecule is CCN(CC)c1cc(Nc2ccc(NS(=O)(=O)c3ccc(OC)c(C(N)=O)c3)cc2)nc(C)n1. The third kappa shape index (κ3) is 5.73. The number of rotatable bonds is 10. The maximum Gasteiger partial charge on any atom is 0.261 e. The highest BCUT2D eigenvalue weighted by molar-refractivity contribution is 7.92. The summed E-state index contributed by atoms with van der Waals surface area (Å²) in [5.41, 5.74) is 6.39. The number of nitrogens with one attached hydrogen (secondary N) is 2. The van der Waals surface area contributed by atoms with Crippen LogP contribution in [-0.4, -0.2) is 44.5 Å². The molecule has 10 nitrogen and oxygen atoms in total. The number of sulfonamides is 1. The number of hydrogen-bond donors (Lipinski definition) is 3. The Balaban J connectivity index is 1.78. The second kappa shape index (κ2) is 10.4. The smallest absolute Gasteiger partial charge is 0.261 e.